The van der Waals surface area contributed by atoms with Crippen molar-refractivity contribution in [1.82, 2.24) is 4.90 Å². The quantitative estimate of drug-likeness (QED) is 0.780. The van der Waals surface area contributed by atoms with E-state index >= 15 is 0 Å². The second-order valence-electron chi connectivity index (χ2n) is 7.20. The molecule has 0 spiro atoms. The number of amides is 2. The van der Waals surface area contributed by atoms with Crippen molar-refractivity contribution in [1.29, 1.82) is 0 Å². The molecule has 0 saturated heterocycles. The largest absolute Gasteiger partial charge is 0.443 e. The van der Waals surface area contributed by atoms with Crippen molar-refractivity contribution >= 4 is 18.0 Å². The fourth-order valence-corrected chi connectivity index (χ4v) is 1.45. The van der Waals surface area contributed by atoms with E-state index < -0.39 is 41.8 Å². The Bertz CT molecular complexity index is 409. The molecule has 1 unspecified atom stereocenters. The number of ketones is 1. The Labute approximate surface area is 137 Å². The van der Waals surface area contributed by atoms with Crippen molar-refractivity contribution in [3.63, 3.8) is 0 Å². The molecule has 0 aliphatic rings. The summed E-state index contributed by atoms with van der Waals surface area (Å²) in [7, 11) is 0. The Balaban J connectivity index is 5.18. The summed E-state index contributed by atoms with van der Waals surface area (Å²) in [6.07, 6.45) is -1.66. The van der Waals surface area contributed by atoms with Crippen LogP contribution in [0.2, 0.25) is 0 Å². The Kier molecular flexibility index (Phi) is 7.66. The molecular formula is C15H29N3O5. The predicted octanol–water partition coefficient (Wildman–Crippen LogP) is 1.40. The van der Waals surface area contributed by atoms with Gasteiger partial charge in [-0.1, -0.05) is 0 Å². The fourth-order valence-electron chi connectivity index (χ4n) is 1.45. The monoisotopic (exact) mass is 331 g/mol. The second kappa shape index (κ2) is 8.26. The maximum Gasteiger partial charge on any atom is 0.420 e. The molecule has 23 heavy (non-hydrogen) atoms. The summed E-state index contributed by atoms with van der Waals surface area (Å²) in [6, 6.07) is -0.854. The van der Waals surface area contributed by atoms with Crippen LogP contribution in [0.4, 0.5) is 9.59 Å². The van der Waals surface area contributed by atoms with E-state index in [1.807, 2.05) is 0 Å². The van der Waals surface area contributed by atoms with Crippen LogP contribution < -0.4 is 11.5 Å². The highest BCUT2D eigenvalue weighted by atomic mass is 16.6. The molecule has 0 rings (SSSR count). The van der Waals surface area contributed by atoms with Gasteiger partial charge in [0, 0.05) is 0 Å². The van der Waals surface area contributed by atoms with Crippen LogP contribution in [0.25, 0.3) is 0 Å². The van der Waals surface area contributed by atoms with Gasteiger partial charge >= 0.3 is 12.2 Å². The highest BCUT2D eigenvalue weighted by Crippen LogP contribution is 2.14. The van der Waals surface area contributed by atoms with Gasteiger partial charge in [0.1, 0.15) is 11.2 Å². The van der Waals surface area contributed by atoms with Gasteiger partial charge in [0.25, 0.3) is 0 Å². The average molecular weight is 331 g/mol. The number of nitrogens with zero attached hydrogens (tertiary/aromatic N) is 1. The molecule has 0 aliphatic carbocycles. The zero-order chi connectivity index (χ0) is 18.4. The number of carbonyl (C=O) groups excluding carboxylic acids is 3. The van der Waals surface area contributed by atoms with E-state index in [-0.39, 0.29) is 13.0 Å². The lowest BCUT2D eigenvalue weighted by atomic mass is 10.1. The van der Waals surface area contributed by atoms with Gasteiger partial charge in [-0.25, -0.2) is 14.5 Å². The Hall–Kier alpha value is -1.67. The lowest BCUT2D eigenvalue weighted by molar-refractivity contribution is -0.121. The minimum Gasteiger partial charge on any atom is -0.443 e. The summed E-state index contributed by atoms with van der Waals surface area (Å²) in [5.41, 5.74) is 9.39. The van der Waals surface area contributed by atoms with Crippen LogP contribution in [0.15, 0.2) is 0 Å². The SMILES string of the molecule is CC(C)(C)OC(=O)N(CC(=O)C(N)CCN)C(=O)OC(C)(C)C. The molecule has 0 radical (unpaired) electrons. The molecule has 0 saturated carbocycles. The van der Waals surface area contributed by atoms with Crippen LogP contribution in [0.5, 0.6) is 0 Å². The van der Waals surface area contributed by atoms with Crippen molar-refractivity contribution < 1.29 is 23.9 Å². The van der Waals surface area contributed by atoms with Crippen LogP contribution >= 0.6 is 0 Å². The van der Waals surface area contributed by atoms with Gasteiger partial charge in [-0.15, -0.1) is 0 Å². The third kappa shape index (κ3) is 9.14. The number of hydrogen-bond acceptors (Lipinski definition) is 7. The standard InChI is InChI=1S/C15H29N3O5/c1-14(2,3)22-12(20)18(13(21)23-15(4,5)6)9-11(19)10(17)7-8-16/h10H,7-9,16-17H2,1-6H3. The normalized spacial score (nSPS) is 13.2. The van der Waals surface area contributed by atoms with Crippen LogP contribution in [0, 0.1) is 0 Å². The van der Waals surface area contributed by atoms with Gasteiger partial charge in [-0.05, 0) is 54.5 Å². The third-order valence-electron chi connectivity index (χ3n) is 2.43. The summed E-state index contributed by atoms with van der Waals surface area (Å²) >= 11 is 0. The highest BCUT2D eigenvalue weighted by molar-refractivity contribution is 5.95. The molecule has 0 bridgehead atoms. The number of ether oxygens (including phenoxy) is 2. The minimum atomic E-state index is -0.958. The topological polar surface area (TPSA) is 125 Å². The van der Waals surface area contributed by atoms with E-state index in [1.165, 1.54) is 0 Å². The van der Waals surface area contributed by atoms with Gasteiger partial charge in [0.05, 0.1) is 12.6 Å². The van der Waals surface area contributed by atoms with Crippen LogP contribution in [-0.4, -0.2) is 53.2 Å². The molecule has 0 aliphatic heterocycles. The van der Waals surface area contributed by atoms with Crippen molar-refractivity contribution in [2.24, 2.45) is 11.5 Å². The molecule has 8 heteroatoms. The predicted molar refractivity (Wildman–Crippen MR) is 85.8 cm³/mol. The fraction of sp³-hybridized carbons (Fsp3) is 0.800. The third-order valence-corrected chi connectivity index (χ3v) is 2.43. The maximum atomic E-state index is 12.2. The molecule has 8 nitrogen and oxygen atoms in total. The van der Waals surface area contributed by atoms with Gasteiger partial charge in [0.2, 0.25) is 0 Å². The zero-order valence-corrected chi connectivity index (χ0v) is 14.8. The Morgan fingerprint density at radius 2 is 1.35 bits per heavy atom. The number of rotatable bonds is 5. The lowest BCUT2D eigenvalue weighted by Gasteiger charge is -2.28. The summed E-state index contributed by atoms with van der Waals surface area (Å²) in [6.45, 7) is 9.62. The minimum absolute atomic E-state index is 0.228. The van der Waals surface area contributed by atoms with Crippen molar-refractivity contribution in [3.8, 4) is 0 Å². The first kappa shape index (κ1) is 21.3. The molecule has 134 valence electrons. The molecule has 1 atom stereocenters. The maximum absolute atomic E-state index is 12.2. The number of carbonyl (C=O) groups is 3. The van der Waals surface area contributed by atoms with E-state index in [4.69, 9.17) is 20.9 Å². The first-order valence-corrected chi connectivity index (χ1v) is 7.48. The summed E-state index contributed by atoms with van der Waals surface area (Å²) < 4.78 is 10.3. The van der Waals surface area contributed by atoms with E-state index in [0.717, 1.165) is 0 Å². The van der Waals surface area contributed by atoms with E-state index in [2.05, 4.69) is 0 Å². The number of Topliss-reactive ketones (excluding diaryl/α,β-unsaturated/α-hetero) is 1. The first-order chi connectivity index (χ1) is 10.3. The molecule has 0 heterocycles. The number of hydrogen-bond donors (Lipinski definition) is 2. The van der Waals surface area contributed by atoms with Gasteiger partial charge < -0.3 is 20.9 Å². The highest BCUT2D eigenvalue weighted by Gasteiger charge is 2.33. The number of imide groups is 1. The molecule has 4 N–H and O–H groups in total. The Morgan fingerprint density at radius 1 is 0.957 bits per heavy atom. The van der Waals surface area contributed by atoms with Crippen molar-refractivity contribution in [2.45, 2.75) is 65.2 Å². The van der Waals surface area contributed by atoms with Crippen LogP contribution in [0.1, 0.15) is 48.0 Å². The zero-order valence-electron chi connectivity index (χ0n) is 14.8. The van der Waals surface area contributed by atoms with Gasteiger partial charge in [-0.3, -0.25) is 4.79 Å². The molecule has 0 aromatic carbocycles. The van der Waals surface area contributed by atoms with Crippen LogP contribution in [0.3, 0.4) is 0 Å². The lowest BCUT2D eigenvalue weighted by Crippen LogP contribution is -2.49. The molecule has 2 amide bonds. The van der Waals surface area contributed by atoms with E-state index in [1.54, 1.807) is 41.5 Å². The first-order valence-electron chi connectivity index (χ1n) is 7.48. The van der Waals surface area contributed by atoms with Gasteiger partial charge in [0.15, 0.2) is 5.78 Å². The summed E-state index contributed by atoms with van der Waals surface area (Å²) in [4.78, 5) is 37.0. The smallest absolute Gasteiger partial charge is 0.420 e. The van der Waals surface area contributed by atoms with Crippen molar-refractivity contribution in [2.75, 3.05) is 13.1 Å². The Morgan fingerprint density at radius 3 is 1.65 bits per heavy atom. The van der Waals surface area contributed by atoms with Gasteiger partial charge in [-0.2, -0.15) is 0 Å². The van der Waals surface area contributed by atoms with Crippen LogP contribution in [-0.2, 0) is 14.3 Å². The molecule has 0 aromatic heterocycles. The summed E-state index contributed by atoms with van der Waals surface area (Å²) in [5.74, 6) is -0.493. The van der Waals surface area contributed by atoms with E-state index in [0.29, 0.717) is 4.90 Å². The number of nitrogens with two attached hydrogens (primary N) is 2. The van der Waals surface area contributed by atoms with E-state index in [9.17, 15) is 14.4 Å². The summed E-state index contributed by atoms with van der Waals surface area (Å²) in [5, 5.41) is 0. The van der Waals surface area contributed by atoms with Crippen molar-refractivity contribution in [3.05, 3.63) is 0 Å². The second-order valence-corrected chi connectivity index (χ2v) is 7.20. The average Bonchev–Trinajstić information content (AvgIpc) is 2.31. The molecule has 0 fully saturated rings. The molecular weight excluding hydrogens is 302 g/mol. The molecule has 0 aromatic rings.